The Morgan fingerprint density at radius 1 is 1.22 bits per heavy atom. The molecule has 8 heteroatoms. The fourth-order valence-electron chi connectivity index (χ4n) is 1.98. The van der Waals surface area contributed by atoms with Crippen molar-refractivity contribution in [3.8, 4) is 0 Å². The average Bonchev–Trinajstić information content (AvgIpc) is 2.53. The van der Waals surface area contributed by atoms with Crippen LogP contribution in [-0.4, -0.2) is 67.6 Å². The zero-order chi connectivity index (χ0) is 17.5. The van der Waals surface area contributed by atoms with Gasteiger partial charge >= 0.3 is 0 Å². The first-order valence-electron chi connectivity index (χ1n) is 8.24. The van der Waals surface area contributed by atoms with E-state index in [4.69, 9.17) is 30.8 Å². The highest BCUT2D eigenvalue weighted by molar-refractivity contribution is 5.75. The van der Waals surface area contributed by atoms with Crippen LogP contribution >= 0.6 is 0 Å². The summed E-state index contributed by atoms with van der Waals surface area (Å²) in [5, 5.41) is 17.5. The van der Waals surface area contributed by atoms with Crippen LogP contribution in [0.15, 0.2) is 4.99 Å². The lowest BCUT2D eigenvalue weighted by Gasteiger charge is -2.34. The van der Waals surface area contributed by atoms with E-state index >= 15 is 0 Å². The van der Waals surface area contributed by atoms with Gasteiger partial charge in [-0.15, -0.1) is 0 Å². The number of guanidine groups is 1. The molecule has 1 rings (SSSR count). The predicted molar refractivity (Wildman–Crippen MR) is 89.0 cm³/mol. The van der Waals surface area contributed by atoms with Crippen molar-refractivity contribution in [2.75, 3.05) is 33.0 Å². The van der Waals surface area contributed by atoms with E-state index in [1.54, 1.807) is 0 Å². The summed E-state index contributed by atoms with van der Waals surface area (Å²) < 4.78 is 16.6. The molecule has 3 unspecified atom stereocenters. The number of nitrogens with zero attached hydrogens (tertiary/aromatic N) is 1. The van der Waals surface area contributed by atoms with E-state index in [1.807, 2.05) is 0 Å². The van der Waals surface area contributed by atoms with Crippen LogP contribution in [0.5, 0.6) is 0 Å². The topological polar surface area (TPSA) is 133 Å². The number of ether oxygens (including phenoxy) is 3. The normalized spacial score (nSPS) is 23.7. The fourth-order valence-corrected chi connectivity index (χ4v) is 1.98. The summed E-state index contributed by atoms with van der Waals surface area (Å²) in [6.07, 6.45) is 2.79. The molecule has 1 heterocycles. The summed E-state index contributed by atoms with van der Waals surface area (Å²) in [5.41, 5.74) is 9.79. The second-order valence-electron chi connectivity index (χ2n) is 5.22. The minimum Gasteiger partial charge on any atom is -0.394 e. The van der Waals surface area contributed by atoms with Crippen molar-refractivity contribution < 1.29 is 24.4 Å². The molecule has 8 nitrogen and oxygen atoms in total. The summed E-state index contributed by atoms with van der Waals surface area (Å²) in [6, 6.07) is 0. The van der Waals surface area contributed by atoms with Crippen molar-refractivity contribution in [1.29, 1.82) is 0 Å². The average molecular weight is 335 g/mol. The summed E-state index contributed by atoms with van der Waals surface area (Å²) in [5.74, 6) is 0.0223. The quantitative estimate of drug-likeness (QED) is 0.264. The first kappa shape index (κ1) is 22.1. The van der Waals surface area contributed by atoms with E-state index in [0.29, 0.717) is 19.6 Å². The smallest absolute Gasteiger partial charge is 0.185 e. The largest absolute Gasteiger partial charge is 0.394 e. The lowest BCUT2D eigenvalue weighted by Crippen LogP contribution is -2.43. The number of aliphatic imine (C=N–C) groups is 1. The van der Waals surface area contributed by atoms with E-state index in [0.717, 1.165) is 32.5 Å². The number of rotatable bonds is 9. The zero-order valence-electron chi connectivity index (χ0n) is 14.3. The number of hydrogen-bond acceptors (Lipinski definition) is 6. The molecular formula is C15H33N3O5. The van der Waals surface area contributed by atoms with E-state index in [-0.39, 0.29) is 24.8 Å². The van der Waals surface area contributed by atoms with Crippen molar-refractivity contribution in [1.82, 2.24) is 0 Å². The van der Waals surface area contributed by atoms with Gasteiger partial charge in [0, 0.05) is 19.6 Å². The van der Waals surface area contributed by atoms with Crippen molar-refractivity contribution in [2.45, 2.75) is 58.0 Å². The third kappa shape index (κ3) is 12.2. The molecule has 23 heavy (non-hydrogen) atoms. The van der Waals surface area contributed by atoms with Crippen molar-refractivity contribution in [2.24, 2.45) is 16.5 Å². The van der Waals surface area contributed by atoms with Gasteiger partial charge in [0.2, 0.25) is 0 Å². The summed E-state index contributed by atoms with van der Waals surface area (Å²) in [4.78, 5) is 3.47. The van der Waals surface area contributed by atoms with Gasteiger partial charge in [-0.05, 0) is 19.3 Å². The minimum atomic E-state index is -0.656. The molecule has 138 valence electrons. The van der Waals surface area contributed by atoms with Gasteiger partial charge in [0.1, 0.15) is 6.10 Å². The van der Waals surface area contributed by atoms with Crippen molar-refractivity contribution in [3.63, 3.8) is 0 Å². The van der Waals surface area contributed by atoms with E-state index in [9.17, 15) is 5.11 Å². The summed E-state index contributed by atoms with van der Waals surface area (Å²) in [7, 11) is 0. The predicted octanol–water partition coefficient (Wildman–Crippen LogP) is -0.0423. The molecule has 0 aromatic carbocycles. The lowest BCUT2D eigenvalue weighted by atomic mass is 10.1. The van der Waals surface area contributed by atoms with Gasteiger partial charge in [0.25, 0.3) is 0 Å². The number of aliphatic hydroxyl groups excluding tert-OH is 2. The van der Waals surface area contributed by atoms with Gasteiger partial charge in [-0.25, -0.2) is 0 Å². The van der Waals surface area contributed by atoms with Crippen LogP contribution in [0, 0.1) is 0 Å². The molecule has 1 saturated heterocycles. The van der Waals surface area contributed by atoms with Crippen LogP contribution in [0.3, 0.4) is 0 Å². The van der Waals surface area contributed by atoms with Gasteiger partial charge in [-0.1, -0.05) is 13.8 Å². The standard InChI is InChI=1S/C12H24O4.C3H9N3O/c1-3-7-14-9-11-10(15-8-4-2)5-6-12(13)16-11;4-3(5)6-1-2-7/h10-13H,3-9H2,1-2H3;7H,1-2H2,(H4,4,5,6). The Balaban J connectivity index is 0.000000585. The van der Waals surface area contributed by atoms with Crippen LogP contribution in [0.1, 0.15) is 39.5 Å². The number of nitrogens with two attached hydrogens (primary N) is 2. The molecule has 6 N–H and O–H groups in total. The van der Waals surface area contributed by atoms with E-state index in [2.05, 4.69) is 18.8 Å². The summed E-state index contributed by atoms with van der Waals surface area (Å²) in [6.45, 7) is 6.44. The zero-order valence-corrected chi connectivity index (χ0v) is 14.3. The van der Waals surface area contributed by atoms with Crippen LogP contribution in [0.25, 0.3) is 0 Å². The van der Waals surface area contributed by atoms with Crippen molar-refractivity contribution >= 4 is 5.96 Å². The van der Waals surface area contributed by atoms with E-state index < -0.39 is 6.29 Å². The van der Waals surface area contributed by atoms with Crippen LogP contribution in [0.2, 0.25) is 0 Å². The Labute approximate surface area is 138 Å². The van der Waals surface area contributed by atoms with Gasteiger partial charge in [-0.2, -0.15) is 0 Å². The molecule has 0 aliphatic carbocycles. The third-order valence-electron chi connectivity index (χ3n) is 3.01. The van der Waals surface area contributed by atoms with Crippen LogP contribution < -0.4 is 11.5 Å². The Morgan fingerprint density at radius 2 is 1.91 bits per heavy atom. The molecule has 3 atom stereocenters. The highest BCUT2D eigenvalue weighted by atomic mass is 16.6. The molecule has 0 spiro atoms. The Bertz CT molecular complexity index is 299. The molecule has 0 radical (unpaired) electrons. The van der Waals surface area contributed by atoms with Crippen LogP contribution in [0.4, 0.5) is 0 Å². The van der Waals surface area contributed by atoms with Gasteiger partial charge in [-0.3, -0.25) is 4.99 Å². The monoisotopic (exact) mass is 335 g/mol. The van der Waals surface area contributed by atoms with Gasteiger partial charge in [0.15, 0.2) is 12.2 Å². The maximum atomic E-state index is 9.45. The second-order valence-corrected chi connectivity index (χ2v) is 5.22. The lowest BCUT2D eigenvalue weighted by molar-refractivity contribution is -0.221. The molecular weight excluding hydrogens is 302 g/mol. The molecule has 0 aromatic heterocycles. The molecule has 1 aliphatic heterocycles. The van der Waals surface area contributed by atoms with E-state index in [1.165, 1.54) is 0 Å². The van der Waals surface area contributed by atoms with Gasteiger partial charge < -0.3 is 35.9 Å². The first-order chi connectivity index (χ1) is 11.0. The highest BCUT2D eigenvalue weighted by Gasteiger charge is 2.30. The van der Waals surface area contributed by atoms with Gasteiger partial charge in [0.05, 0.1) is 25.9 Å². The van der Waals surface area contributed by atoms with Crippen molar-refractivity contribution in [3.05, 3.63) is 0 Å². The molecule has 1 aliphatic rings. The third-order valence-corrected chi connectivity index (χ3v) is 3.01. The maximum Gasteiger partial charge on any atom is 0.185 e. The van der Waals surface area contributed by atoms with Crippen LogP contribution in [-0.2, 0) is 14.2 Å². The fraction of sp³-hybridized carbons (Fsp3) is 0.933. The highest BCUT2D eigenvalue weighted by Crippen LogP contribution is 2.21. The maximum absolute atomic E-state index is 9.45. The molecule has 0 bridgehead atoms. The number of hydrogen-bond donors (Lipinski definition) is 4. The first-order valence-corrected chi connectivity index (χ1v) is 8.24. The Kier molecular flexibility index (Phi) is 14.1. The second kappa shape index (κ2) is 14.6. The molecule has 0 aromatic rings. The molecule has 0 saturated carbocycles. The molecule has 1 fully saturated rings. The molecule has 0 amide bonds. The number of aliphatic hydroxyl groups is 2. The summed E-state index contributed by atoms with van der Waals surface area (Å²) >= 11 is 0. The Morgan fingerprint density at radius 3 is 2.43 bits per heavy atom. The minimum absolute atomic E-state index is 0.00208. The SMILES string of the molecule is CCCOCC1OC(O)CCC1OCCC.NC(N)=NCCO. The Hall–Kier alpha value is -0.930.